The molecule has 1 aromatic carbocycles. The molecule has 0 atom stereocenters. The van der Waals surface area contributed by atoms with Crippen LogP contribution in [0.1, 0.15) is 0 Å². The first-order valence-corrected chi connectivity index (χ1v) is 4.65. The molecule has 0 aliphatic heterocycles. The highest BCUT2D eigenvalue weighted by Crippen LogP contribution is 2.23. The van der Waals surface area contributed by atoms with Gasteiger partial charge in [0.2, 0.25) is 0 Å². The van der Waals surface area contributed by atoms with Crippen LogP contribution in [0.25, 0.3) is 21.8 Å². The van der Waals surface area contributed by atoms with E-state index in [2.05, 4.69) is 53.1 Å². The summed E-state index contributed by atoms with van der Waals surface area (Å²) in [5.41, 5.74) is 2.32. The number of pyridine rings is 1. The van der Waals surface area contributed by atoms with Crippen molar-refractivity contribution < 1.29 is 0 Å². The molecule has 2 heteroatoms. The van der Waals surface area contributed by atoms with Crippen molar-refractivity contribution in [1.82, 2.24) is 9.55 Å². The summed E-state index contributed by atoms with van der Waals surface area (Å²) >= 11 is 0. The molecule has 0 bridgehead atoms. The Kier molecular flexibility index (Phi) is 1.39. The Morgan fingerprint density at radius 3 is 3.00 bits per heavy atom. The molecular weight excluding hydrogens is 172 g/mol. The molecular formula is C12H10N2. The van der Waals surface area contributed by atoms with E-state index >= 15 is 0 Å². The van der Waals surface area contributed by atoms with E-state index in [9.17, 15) is 0 Å². The Balaban J connectivity index is 2.67. The number of nitrogens with zero attached hydrogens (tertiary/aromatic N) is 2. The first kappa shape index (κ1) is 7.56. The van der Waals surface area contributed by atoms with Crippen LogP contribution >= 0.6 is 0 Å². The largest absolute Gasteiger partial charge is 0.350 e. The molecule has 0 aliphatic rings. The van der Waals surface area contributed by atoms with Gasteiger partial charge in [0, 0.05) is 24.8 Å². The summed E-state index contributed by atoms with van der Waals surface area (Å²) in [6.45, 7) is 0. The molecule has 0 unspecified atom stereocenters. The quantitative estimate of drug-likeness (QED) is 0.522. The van der Waals surface area contributed by atoms with Crippen molar-refractivity contribution in [3.05, 3.63) is 42.7 Å². The highest BCUT2D eigenvalue weighted by atomic mass is 14.9. The van der Waals surface area contributed by atoms with Crippen LogP contribution in [-0.4, -0.2) is 9.55 Å². The standard InChI is InChI=1S/C12H10N2/c1-14-8-2-3-9-4-5-11-10(12(9)14)6-7-13-11/h2-8H,1H3. The van der Waals surface area contributed by atoms with Gasteiger partial charge in [-0.2, -0.15) is 0 Å². The maximum Gasteiger partial charge on any atom is 0.0723 e. The predicted molar refractivity (Wildman–Crippen MR) is 58.2 cm³/mol. The molecule has 2 aromatic heterocycles. The van der Waals surface area contributed by atoms with Crippen molar-refractivity contribution in [3.63, 3.8) is 0 Å². The van der Waals surface area contributed by atoms with Crippen molar-refractivity contribution in [3.8, 4) is 0 Å². The van der Waals surface area contributed by atoms with Gasteiger partial charge < -0.3 is 4.57 Å². The van der Waals surface area contributed by atoms with Gasteiger partial charge in [-0.3, -0.25) is 4.98 Å². The van der Waals surface area contributed by atoms with Crippen molar-refractivity contribution in [2.75, 3.05) is 0 Å². The molecule has 0 saturated heterocycles. The summed E-state index contributed by atoms with van der Waals surface area (Å²) in [4.78, 5) is 4.30. The lowest BCUT2D eigenvalue weighted by atomic mass is 10.1. The lowest BCUT2D eigenvalue weighted by Crippen LogP contribution is -1.91. The lowest BCUT2D eigenvalue weighted by molar-refractivity contribution is 0.958. The number of hydrogen-bond donors (Lipinski definition) is 0. The third-order valence-corrected chi connectivity index (χ3v) is 2.62. The second-order valence-electron chi connectivity index (χ2n) is 3.50. The van der Waals surface area contributed by atoms with Crippen LogP contribution in [0.15, 0.2) is 42.7 Å². The Morgan fingerprint density at radius 1 is 1.14 bits per heavy atom. The zero-order chi connectivity index (χ0) is 9.54. The topological polar surface area (TPSA) is 17.8 Å². The first-order valence-electron chi connectivity index (χ1n) is 4.65. The van der Waals surface area contributed by atoms with E-state index in [0.29, 0.717) is 0 Å². The Hall–Kier alpha value is -1.83. The van der Waals surface area contributed by atoms with Gasteiger partial charge in [0.1, 0.15) is 0 Å². The first-order chi connectivity index (χ1) is 6.86. The average molecular weight is 182 g/mol. The molecule has 0 fully saturated rings. The van der Waals surface area contributed by atoms with Gasteiger partial charge in [-0.15, -0.1) is 0 Å². The van der Waals surface area contributed by atoms with Crippen LogP contribution in [0, 0.1) is 0 Å². The molecule has 0 aliphatic carbocycles. The van der Waals surface area contributed by atoms with Crippen LogP contribution in [0.2, 0.25) is 0 Å². The number of aromatic nitrogens is 2. The van der Waals surface area contributed by atoms with Crippen LogP contribution in [-0.2, 0) is 7.05 Å². The second-order valence-corrected chi connectivity index (χ2v) is 3.50. The molecule has 2 nitrogen and oxygen atoms in total. The minimum absolute atomic E-state index is 1.07. The molecule has 68 valence electrons. The van der Waals surface area contributed by atoms with Crippen LogP contribution < -0.4 is 0 Å². The molecule has 14 heavy (non-hydrogen) atoms. The molecule has 3 rings (SSSR count). The summed E-state index contributed by atoms with van der Waals surface area (Å²) < 4.78 is 2.14. The summed E-state index contributed by atoms with van der Waals surface area (Å²) in [5.74, 6) is 0. The van der Waals surface area contributed by atoms with Crippen LogP contribution in [0.4, 0.5) is 0 Å². The van der Waals surface area contributed by atoms with Gasteiger partial charge in [-0.05, 0) is 23.6 Å². The number of rotatable bonds is 0. The second kappa shape index (κ2) is 2.58. The smallest absolute Gasteiger partial charge is 0.0723 e. The molecule has 3 aromatic rings. The monoisotopic (exact) mass is 182 g/mol. The maximum atomic E-state index is 4.30. The third kappa shape index (κ3) is 0.880. The van der Waals surface area contributed by atoms with E-state index in [1.807, 2.05) is 6.20 Å². The lowest BCUT2D eigenvalue weighted by Gasteiger charge is -2.05. The number of benzene rings is 1. The maximum absolute atomic E-state index is 4.30. The van der Waals surface area contributed by atoms with Crippen molar-refractivity contribution in [1.29, 1.82) is 0 Å². The summed E-state index contributed by atoms with van der Waals surface area (Å²) in [6.07, 6.45) is 3.92. The molecule has 2 heterocycles. The average Bonchev–Trinajstić information content (AvgIpc) is 2.65. The number of fused-ring (bicyclic) bond motifs is 3. The third-order valence-electron chi connectivity index (χ3n) is 2.62. The zero-order valence-electron chi connectivity index (χ0n) is 7.94. The van der Waals surface area contributed by atoms with Gasteiger partial charge in [-0.1, -0.05) is 12.1 Å². The van der Waals surface area contributed by atoms with E-state index in [1.54, 1.807) is 0 Å². The normalized spacial score (nSPS) is 11.2. The van der Waals surface area contributed by atoms with Gasteiger partial charge >= 0.3 is 0 Å². The Bertz CT molecular complexity index is 608. The van der Waals surface area contributed by atoms with Crippen molar-refractivity contribution in [2.24, 2.45) is 7.05 Å². The fraction of sp³-hybridized carbons (Fsp3) is 0.0833. The fourth-order valence-corrected chi connectivity index (χ4v) is 1.96. The van der Waals surface area contributed by atoms with Gasteiger partial charge in [0.15, 0.2) is 0 Å². The van der Waals surface area contributed by atoms with E-state index < -0.39 is 0 Å². The van der Waals surface area contributed by atoms with E-state index in [0.717, 1.165) is 5.52 Å². The molecule has 0 spiro atoms. The highest BCUT2D eigenvalue weighted by molar-refractivity contribution is 6.04. The minimum Gasteiger partial charge on any atom is -0.350 e. The SMILES string of the molecule is Cn1cccc2ccc3nccc3c21. The van der Waals surface area contributed by atoms with E-state index in [-0.39, 0.29) is 0 Å². The summed E-state index contributed by atoms with van der Waals surface area (Å²) in [5, 5.41) is 2.49. The molecule has 0 radical (unpaired) electrons. The number of aryl methyl sites for hydroxylation is 1. The minimum atomic E-state index is 1.07. The predicted octanol–water partition coefficient (Wildman–Crippen LogP) is 2.73. The van der Waals surface area contributed by atoms with Gasteiger partial charge in [-0.25, -0.2) is 0 Å². The Labute approximate surface area is 81.8 Å². The Morgan fingerprint density at radius 2 is 2.07 bits per heavy atom. The fourth-order valence-electron chi connectivity index (χ4n) is 1.96. The molecule has 0 saturated carbocycles. The van der Waals surface area contributed by atoms with Gasteiger partial charge in [0.25, 0.3) is 0 Å². The van der Waals surface area contributed by atoms with Crippen molar-refractivity contribution in [2.45, 2.75) is 0 Å². The van der Waals surface area contributed by atoms with E-state index in [4.69, 9.17) is 0 Å². The molecule has 0 N–H and O–H groups in total. The highest BCUT2D eigenvalue weighted by Gasteiger charge is 2.02. The van der Waals surface area contributed by atoms with Gasteiger partial charge in [0.05, 0.1) is 11.0 Å². The molecule has 0 amide bonds. The summed E-state index contributed by atoms with van der Waals surface area (Å²) in [6, 6.07) is 10.4. The van der Waals surface area contributed by atoms with Crippen molar-refractivity contribution >= 4 is 21.8 Å². The van der Waals surface area contributed by atoms with Crippen LogP contribution in [0.5, 0.6) is 0 Å². The summed E-state index contributed by atoms with van der Waals surface area (Å²) in [7, 11) is 2.06. The van der Waals surface area contributed by atoms with E-state index in [1.165, 1.54) is 16.3 Å². The number of hydrogen-bond acceptors (Lipinski definition) is 1. The zero-order valence-corrected chi connectivity index (χ0v) is 7.94. The van der Waals surface area contributed by atoms with Crippen LogP contribution in [0.3, 0.4) is 0 Å².